The van der Waals surface area contributed by atoms with Crippen LogP contribution in [0.15, 0.2) is 36.5 Å². The van der Waals surface area contributed by atoms with Crippen LogP contribution in [0.3, 0.4) is 0 Å². The number of fused-ring (bicyclic) bond motifs is 1. The van der Waals surface area contributed by atoms with Crippen molar-refractivity contribution >= 4 is 0 Å². The third-order valence-corrected chi connectivity index (χ3v) is 2.14. The SMILES string of the molecule is CCCn1cccc2cccc1-2. The number of nitrogens with zero attached hydrogens (tertiary/aromatic N) is 1. The van der Waals surface area contributed by atoms with Crippen LogP contribution in [0.4, 0.5) is 0 Å². The van der Waals surface area contributed by atoms with Gasteiger partial charge in [-0.05, 0) is 24.1 Å². The lowest BCUT2D eigenvalue weighted by atomic mass is 10.2. The summed E-state index contributed by atoms with van der Waals surface area (Å²) in [6, 6.07) is 10.7. The lowest BCUT2D eigenvalue weighted by Crippen LogP contribution is -1.99. The van der Waals surface area contributed by atoms with Crippen molar-refractivity contribution in [2.75, 3.05) is 0 Å². The zero-order valence-corrected chi connectivity index (χ0v) is 7.33. The van der Waals surface area contributed by atoms with Crippen LogP contribution in [0.25, 0.3) is 11.3 Å². The van der Waals surface area contributed by atoms with Crippen molar-refractivity contribution in [3.05, 3.63) is 36.5 Å². The quantitative estimate of drug-likeness (QED) is 0.634. The van der Waals surface area contributed by atoms with Crippen molar-refractivity contribution in [1.29, 1.82) is 0 Å². The number of aromatic nitrogens is 1. The Kier molecular flexibility index (Phi) is 1.86. The Hall–Kier alpha value is -1.24. The van der Waals surface area contributed by atoms with E-state index in [-0.39, 0.29) is 0 Å². The highest BCUT2D eigenvalue weighted by Crippen LogP contribution is 2.22. The van der Waals surface area contributed by atoms with Crippen molar-refractivity contribution < 1.29 is 0 Å². The van der Waals surface area contributed by atoms with Gasteiger partial charge < -0.3 is 4.57 Å². The number of rotatable bonds is 2. The molecule has 0 spiro atoms. The highest BCUT2D eigenvalue weighted by atomic mass is 15.0. The smallest absolute Gasteiger partial charge is 0.0479 e. The molecule has 1 aliphatic heterocycles. The first kappa shape index (κ1) is 7.41. The van der Waals surface area contributed by atoms with Crippen LogP contribution in [-0.2, 0) is 6.54 Å². The molecule has 0 atom stereocenters. The van der Waals surface area contributed by atoms with Crippen LogP contribution in [0.1, 0.15) is 13.3 Å². The first-order chi connectivity index (χ1) is 5.92. The van der Waals surface area contributed by atoms with Crippen LogP contribution in [0, 0.1) is 0 Å². The molecule has 0 amide bonds. The van der Waals surface area contributed by atoms with Crippen LogP contribution in [0.2, 0.25) is 0 Å². The van der Waals surface area contributed by atoms with Gasteiger partial charge in [0.05, 0.1) is 0 Å². The molecule has 1 heteroatoms. The molecular formula is C11H13N. The van der Waals surface area contributed by atoms with Crippen LogP contribution in [-0.4, -0.2) is 4.57 Å². The number of aryl methyl sites for hydroxylation is 1. The molecule has 0 saturated carbocycles. The summed E-state index contributed by atoms with van der Waals surface area (Å²) in [5.74, 6) is 0. The second-order valence-corrected chi connectivity index (χ2v) is 3.07. The molecule has 2 rings (SSSR count). The second kappa shape index (κ2) is 3.02. The molecule has 1 nitrogen and oxygen atoms in total. The molecule has 0 aromatic rings. The molecule has 0 fully saturated rings. The van der Waals surface area contributed by atoms with Gasteiger partial charge in [-0.1, -0.05) is 25.1 Å². The van der Waals surface area contributed by atoms with E-state index in [1.807, 2.05) is 0 Å². The molecular weight excluding hydrogens is 146 g/mol. The first-order valence-electron chi connectivity index (χ1n) is 4.45. The van der Waals surface area contributed by atoms with Gasteiger partial charge in [0.15, 0.2) is 0 Å². The molecule has 1 aliphatic carbocycles. The van der Waals surface area contributed by atoms with Crippen molar-refractivity contribution in [2.24, 2.45) is 0 Å². The third kappa shape index (κ3) is 1.11. The van der Waals surface area contributed by atoms with Gasteiger partial charge in [0, 0.05) is 18.4 Å². The Morgan fingerprint density at radius 1 is 1.17 bits per heavy atom. The minimum atomic E-state index is 1.11. The van der Waals surface area contributed by atoms with Gasteiger partial charge in [0.25, 0.3) is 0 Å². The van der Waals surface area contributed by atoms with Gasteiger partial charge in [-0.15, -0.1) is 0 Å². The van der Waals surface area contributed by atoms with E-state index in [2.05, 4.69) is 48.0 Å². The minimum absolute atomic E-state index is 1.11. The summed E-state index contributed by atoms with van der Waals surface area (Å²) in [5, 5.41) is 0. The van der Waals surface area contributed by atoms with Crippen LogP contribution >= 0.6 is 0 Å². The molecule has 0 N–H and O–H groups in total. The standard InChI is InChI=1S/C11H13N/c1-2-8-12-9-4-6-10-5-3-7-11(10)12/h3-7,9H,2,8H2,1H3. The Morgan fingerprint density at radius 2 is 2.00 bits per heavy atom. The average molecular weight is 159 g/mol. The van der Waals surface area contributed by atoms with E-state index in [0.29, 0.717) is 0 Å². The van der Waals surface area contributed by atoms with E-state index >= 15 is 0 Å². The summed E-state index contributed by atoms with van der Waals surface area (Å²) < 4.78 is 2.30. The molecule has 0 saturated heterocycles. The first-order valence-corrected chi connectivity index (χ1v) is 4.45. The largest absolute Gasteiger partial charge is 0.348 e. The van der Waals surface area contributed by atoms with Crippen molar-refractivity contribution in [3.63, 3.8) is 0 Å². The molecule has 0 aromatic carbocycles. The lowest BCUT2D eigenvalue weighted by Gasteiger charge is -2.10. The normalized spacial score (nSPS) is 10.8. The molecule has 62 valence electrons. The van der Waals surface area contributed by atoms with E-state index < -0.39 is 0 Å². The highest BCUT2D eigenvalue weighted by Gasteiger charge is 2.03. The number of hydrogen-bond acceptors (Lipinski definition) is 0. The molecule has 2 aliphatic rings. The molecule has 0 unspecified atom stereocenters. The molecule has 0 bridgehead atoms. The predicted octanol–water partition coefficient (Wildman–Crippen LogP) is 3.00. The Bertz CT molecular complexity index is 335. The zero-order chi connectivity index (χ0) is 8.39. The monoisotopic (exact) mass is 159 g/mol. The lowest BCUT2D eigenvalue weighted by molar-refractivity contribution is 0.682. The highest BCUT2D eigenvalue weighted by molar-refractivity contribution is 5.62. The maximum atomic E-state index is 2.30. The molecule has 12 heavy (non-hydrogen) atoms. The number of pyridine rings is 1. The summed E-state index contributed by atoms with van der Waals surface area (Å²) in [6.07, 6.45) is 3.33. The van der Waals surface area contributed by atoms with E-state index in [1.54, 1.807) is 0 Å². The Morgan fingerprint density at radius 3 is 2.83 bits per heavy atom. The Labute approximate surface area is 73.0 Å². The van der Waals surface area contributed by atoms with E-state index in [9.17, 15) is 0 Å². The summed E-state index contributed by atoms with van der Waals surface area (Å²) in [4.78, 5) is 0. The van der Waals surface area contributed by atoms with E-state index in [0.717, 1.165) is 6.54 Å². The van der Waals surface area contributed by atoms with Crippen LogP contribution < -0.4 is 0 Å². The topological polar surface area (TPSA) is 4.93 Å². The fourth-order valence-corrected chi connectivity index (χ4v) is 1.59. The predicted molar refractivity (Wildman–Crippen MR) is 51.3 cm³/mol. The summed E-state index contributed by atoms with van der Waals surface area (Å²) in [7, 11) is 0. The van der Waals surface area contributed by atoms with Crippen LogP contribution in [0.5, 0.6) is 0 Å². The minimum Gasteiger partial charge on any atom is -0.348 e. The van der Waals surface area contributed by atoms with E-state index in [1.165, 1.54) is 17.7 Å². The summed E-state index contributed by atoms with van der Waals surface area (Å²) in [6.45, 7) is 3.32. The van der Waals surface area contributed by atoms with Gasteiger partial charge >= 0.3 is 0 Å². The fraction of sp³-hybridized carbons (Fsp3) is 0.273. The van der Waals surface area contributed by atoms with Gasteiger partial charge in [-0.25, -0.2) is 0 Å². The zero-order valence-electron chi connectivity index (χ0n) is 7.33. The van der Waals surface area contributed by atoms with Crippen molar-refractivity contribution in [2.45, 2.75) is 19.9 Å². The van der Waals surface area contributed by atoms with Crippen molar-refractivity contribution in [3.8, 4) is 11.3 Å². The molecule has 0 aromatic heterocycles. The van der Waals surface area contributed by atoms with Gasteiger partial charge in [0.1, 0.15) is 0 Å². The van der Waals surface area contributed by atoms with Crippen molar-refractivity contribution in [1.82, 2.24) is 4.57 Å². The van der Waals surface area contributed by atoms with Gasteiger partial charge in [-0.2, -0.15) is 0 Å². The fourth-order valence-electron chi connectivity index (χ4n) is 1.59. The number of hydrogen-bond donors (Lipinski definition) is 0. The van der Waals surface area contributed by atoms with E-state index in [4.69, 9.17) is 0 Å². The average Bonchev–Trinajstić information content (AvgIpc) is 2.53. The molecule has 0 radical (unpaired) electrons. The summed E-state index contributed by atoms with van der Waals surface area (Å²) in [5.41, 5.74) is 2.69. The van der Waals surface area contributed by atoms with Gasteiger partial charge in [0.2, 0.25) is 0 Å². The molecule has 1 heterocycles. The Balaban J connectivity index is 2.48. The maximum Gasteiger partial charge on any atom is 0.0479 e. The van der Waals surface area contributed by atoms with Gasteiger partial charge in [-0.3, -0.25) is 0 Å². The third-order valence-electron chi connectivity index (χ3n) is 2.14. The summed E-state index contributed by atoms with van der Waals surface area (Å²) >= 11 is 0. The second-order valence-electron chi connectivity index (χ2n) is 3.07. The maximum absolute atomic E-state index is 2.30.